The molecular formula is C14H23N3OS. The van der Waals surface area contributed by atoms with Crippen LogP contribution in [0.15, 0.2) is 11.6 Å². The van der Waals surface area contributed by atoms with Crippen LogP contribution in [0, 0.1) is 0 Å². The Labute approximate surface area is 119 Å². The van der Waals surface area contributed by atoms with Crippen molar-refractivity contribution in [2.75, 3.05) is 33.4 Å². The van der Waals surface area contributed by atoms with Gasteiger partial charge in [0.15, 0.2) is 0 Å². The minimum absolute atomic E-state index is 0.0816. The van der Waals surface area contributed by atoms with E-state index < -0.39 is 0 Å². The molecule has 2 saturated heterocycles. The fourth-order valence-corrected chi connectivity index (χ4v) is 4.40. The first kappa shape index (κ1) is 13.5. The van der Waals surface area contributed by atoms with Crippen molar-refractivity contribution in [1.82, 2.24) is 15.2 Å². The van der Waals surface area contributed by atoms with E-state index in [2.05, 4.69) is 20.6 Å². The van der Waals surface area contributed by atoms with Gasteiger partial charge in [0.25, 0.3) is 0 Å². The third-order valence-electron chi connectivity index (χ3n) is 4.52. The van der Waals surface area contributed by atoms with Gasteiger partial charge in [-0.15, -0.1) is 11.3 Å². The summed E-state index contributed by atoms with van der Waals surface area (Å²) < 4.78 is 5.19. The molecule has 0 amide bonds. The number of aromatic nitrogens is 1. The number of nitrogens with zero attached hydrogens (tertiary/aromatic N) is 2. The first-order valence-electron chi connectivity index (χ1n) is 7.22. The van der Waals surface area contributed by atoms with E-state index in [1.165, 1.54) is 43.8 Å². The second-order valence-electron chi connectivity index (χ2n) is 5.63. The number of nitrogens with one attached hydrogen (secondary N) is 1. The topological polar surface area (TPSA) is 37.4 Å². The van der Waals surface area contributed by atoms with Gasteiger partial charge in [-0.3, -0.25) is 0 Å². The first-order chi connectivity index (χ1) is 9.34. The van der Waals surface area contributed by atoms with Crippen molar-refractivity contribution in [2.45, 2.75) is 37.3 Å². The van der Waals surface area contributed by atoms with Gasteiger partial charge >= 0.3 is 0 Å². The Bertz CT molecular complexity index is 397. The fraction of sp³-hybridized carbons (Fsp3) is 0.786. The number of hydrogen-bond donors (Lipinski definition) is 1. The van der Waals surface area contributed by atoms with Gasteiger partial charge in [0, 0.05) is 37.8 Å². The van der Waals surface area contributed by atoms with Crippen molar-refractivity contribution in [3.8, 4) is 0 Å². The van der Waals surface area contributed by atoms with Gasteiger partial charge in [0.1, 0.15) is 5.01 Å². The number of ether oxygens (including phenoxy) is 1. The second-order valence-corrected chi connectivity index (χ2v) is 6.52. The molecule has 0 spiro atoms. The molecule has 1 aromatic rings. The number of thiazole rings is 1. The number of rotatable bonds is 5. The van der Waals surface area contributed by atoms with E-state index in [-0.39, 0.29) is 5.54 Å². The highest BCUT2D eigenvalue weighted by Gasteiger charge is 2.43. The number of piperidine rings is 1. The van der Waals surface area contributed by atoms with E-state index >= 15 is 0 Å². The predicted molar refractivity (Wildman–Crippen MR) is 77.5 cm³/mol. The molecule has 4 nitrogen and oxygen atoms in total. The van der Waals surface area contributed by atoms with Crippen molar-refractivity contribution in [2.24, 2.45) is 0 Å². The molecule has 2 aliphatic rings. The molecule has 3 rings (SSSR count). The summed E-state index contributed by atoms with van der Waals surface area (Å²) in [6.07, 6.45) is 7.00. The zero-order chi connectivity index (χ0) is 13.1. The molecule has 2 unspecified atom stereocenters. The molecular weight excluding hydrogens is 258 g/mol. The van der Waals surface area contributed by atoms with Crippen molar-refractivity contribution in [1.29, 1.82) is 0 Å². The van der Waals surface area contributed by atoms with Crippen LogP contribution in [0.25, 0.3) is 0 Å². The Morgan fingerprint density at radius 1 is 1.58 bits per heavy atom. The van der Waals surface area contributed by atoms with Crippen LogP contribution in [-0.2, 0) is 10.3 Å². The number of hydrogen-bond acceptors (Lipinski definition) is 5. The van der Waals surface area contributed by atoms with Gasteiger partial charge in [0.05, 0.1) is 12.1 Å². The van der Waals surface area contributed by atoms with Crippen LogP contribution >= 0.6 is 11.3 Å². The van der Waals surface area contributed by atoms with Crippen LogP contribution in [0.1, 0.15) is 30.7 Å². The first-order valence-corrected chi connectivity index (χ1v) is 8.10. The molecule has 2 fully saturated rings. The van der Waals surface area contributed by atoms with Crippen LogP contribution in [0.2, 0.25) is 0 Å². The lowest BCUT2D eigenvalue weighted by Gasteiger charge is -2.43. The Morgan fingerprint density at radius 2 is 2.53 bits per heavy atom. The smallest absolute Gasteiger partial charge is 0.113 e. The summed E-state index contributed by atoms with van der Waals surface area (Å²) in [6, 6.07) is 0.743. The molecule has 0 radical (unpaired) electrons. The van der Waals surface area contributed by atoms with E-state index in [1.807, 2.05) is 6.20 Å². The molecule has 2 atom stereocenters. The minimum atomic E-state index is 0.0816. The van der Waals surface area contributed by atoms with Crippen LogP contribution in [-0.4, -0.2) is 49.3 Å². The van der Waals surface area contributed by atoms with Crippen molar-refractivity contribution >= 4 is 11.3 Å². The molecule has 0 bridgehead atoms. The predicted octanol–water partition coefficient (Wildman–Crippen LogP) is 1.83. The summed E-state index contributed by atoms with van der Waals surface area (Å²) in [7, 11) is 1.76. The molecule has 1 aromatic heterocycles. The number of fused-ring (bicyclic) bond motifs is 1. The van der Waals surface area contributed by atoms with E-state index in [1.54, 1.807) is 18.4 Å². The molecule has 0 aliphatic carbocycles. The van der Waals surface area contributed by atoms with Gasteiger partial charge in [-0.25, -0.2) is 4.98 Å². The molecule has 3 heterocycles. The highest BCUT2D eigenvalue weighted by atomic mass is 32.1. The largest absolute Gasteiger partial charge is 0.383 e. The molecule has 1 N–H and O–H groups in total. The third kappa shape index (κ3) is 2.70. The highest BCUT2D eigenvalue weighted by molar-refractivity contribution is 7.09. The van der Waals surface area contributed by atoms with Gasteiger partial charge in [-0.1, -0.05) is 0 Å². The summed E-state index contributed by atoms with van der Waals surface area (Å²) in [5.74, 6) is 0. The summed E-state index contributed by atoms with van der Waals surface area (Å²) >= 11 is 1.79. The Hall–Kier alpha value is -0.490. The molecule has 106 valence electrons. The maximum atomic E-state index is 5.19. The molecule has 0 aromatic carbocycles. The highest BCUT2D eigenvalue weighted by Crippen LogP contribution is 2.40. The van der Waals surface area contributed by atoms with Crippen LogP contribution in [0.4, 0.5) is 0 Å². The SMILES string of the molecule is COCCNC1(c2nccs2)CCN2CCCC2C1. The van der Waals surface area contributed by atoms with Gasteiger partial charge < -0.3 is 15.0 Å². The van der Waals surface area contributed by atoms with Crippen LogP contribution in [0.3, 0.4) is 0 Å². The average Bonchev–Trinajstić information content (AvgIpc) is 3.10. The summed E-state index contributed by atoms with van der Waals surface area (Å²) in [5, 5.41) is 7.10. The zero-order valence-electron chi connectivity index (χ0n) is 11.6. The van der Waals surface area contributed by atoms with Crippen LogP contribution in [0.5, 0.6) is 0 Å². The average molecular weight is 281 g/mol. The van der Waals surface area contributed by atoms with Crippen molar-refractivity contribution in [3.05, 3.63) is 16.6 Å². The Kier molecular flexibility index (Phi) is 4.17. The maximum Gasteiger partial charge on any atom is 0.113 e. The third-order valence-corrected chi connectivity index (χ3v) is 5.50. The van der Waals surface area contributed by atoms with E-state index in [0.29, 0.717) is 0 Å². The van der Waals surface area contributed by atoms with E-state index in [9.17, 15) is 0 Å². The molecule has 0 saturated carbocycles. The normalized spacial score (nSPS) is 31.5. The maximum absolute atomic E-state index is 5.19. The molecule has 5 heteroatoms. The van der Waals surface area contributed by atoms with E-state index in [4.69, 9.17) is 4.74 Å². The number of methoxy groups -OCH3 is 1. The molecule has 2 aliphatic heterocycles. The lowest BCUT2D eigenvalue weighted by molar-refractivity contribution is 0.0955. The summed E-state index contributed by atoms with van der Waals surface area (Å²) in [6.45, 7) is 4.16. The summed E-state index contributed by atoms with van der Waals surface area (Å²) in [5.41, 5.74) is 0.0816. The minimum Gasteiger partial charge on any atom is -0.383 e. The quantitative estimate of drug-likeness (QED) is 0.836. The van der Waals surface area contributed by atoms with Gasteiger partial charge in [0.2, 0.25) is 0 Å². The van der Waals surface area contributed by atoms with E-state index in [0.717, 1.165) is 19.2 Å². The fourth-order valence-electron chi connectivity index (χ4n) is 3.54. The van der Waals surface area contributed by atoms with Crippen LogP contribution < -0.4 is 5.32 Å². The molecule has 19 heavy (non-hydrogen) atoms. The van der Waals surface area contributed by atoms with Crippen molar-refractivity contribution in [3.63, 3.8) is 0 Å². The van der Waals surface area contributed by atoms with Gasteiger partial charge in [-0.2, -0.15) is 0 Å². The second kappa shape index (κ2) is 5.87. The Morgan fingerprint density at radius 3 is 3.32 bits per heavy atom. The monoisotopic (exact) mass is 281 g/mol. The Balaban J connectivity index is 1.76. The lowest BCUT2D eigenvalue weighted by Crippen LogP contribution is -2.54. The van der Waals surface area contributed by atoms with Crippen molar-refractivity contribution < 1.29 is 4.74 Å². The lowest BCUT2D eigenvalue weighted by atomic mass is 9.83. The zero-order valence-corrected chi connectivity index (χ0v) is 12.4. The van der Waals surface area contributed by atoms with Gasteiger partial charge in [-0.05, 0) is 32.2 Å². The standard InChI is InChI=1S/C14H23N3OS/c1-18-9-5-16-14(13-15-6-10-19-13)4-8-17-7-2-3-12(17)11-14/h6,10,12,16H,2-5,7-9,11H2,1H3. The summed E-state index contributed by atoms with van der Waals surface area (Å²) in [4.78, 5) is 7.26.